The molecule has 3 rings (SSSR count). The van der Waals surface area contributed by atoms with Gasteiger partial charge in [0.15, 0.2) is 5.78 Å². The summed E-state index contributed by atoms with van der Waals surface area (Å²) in [6.45, 7) is 0. The van der Waals surface area contributed by atoms with Crippen LogP contribution in [-0.4, -0.2) is 5.78 Å². The Kier molecular flexibility index (Phi) is 0.698. The molecule has 0 amide bonds. The van der Waals surface area contributed by atoms with Crippen molar-refractivity contribution in [2.45, 2.75) is 6.42 Å². The lowest BCUT2D eigenvalue weighted by Crippen LogP contribution is -1.96. The van der Waals surface area contributed by atoms with Crippen LogP contribution in [0.25, 0.3) is 5.57 Å². The minimum atomic E-state index is 0.260. The molecule has 1 nitrogen and oxygen atoms in total. The number of rotatable bonds is 0. The summed E-state index contributed by atoms with van der Waals surface area (Å²) in [4.78, 5) is 11.4. The van der Waals surface area contributed by atoms with Gasteiger partial charge in [-0.25, -0.2) is 0 Å². The van der Waals surface area contributed by atoms with E-state index in [2.05, 4.69) is 0 Å². The zero-order valence-corrected chi connectivity index (χ0v) is 5.92. The van der Waals surface area contributed by atoms with Gasteiger partial charge in [0, 0.05) is 17.6 Å². The third-order valence-corrected chi connectivity index (χ3v) is 2.36. The van der Waals surface area contributed by atoms with E-state index in [1.54, 1.807) is 0 Å². The molecule has 1 aromatic carbocycles. The molecule has 0 aromatic heterocycles. The smallest absolute Gasteiger partial charge is 0.190 e. The van der Waals surface area contributed by atoms with Gasteiger partial charge in [0.25, 0.3) is 0 Å². The van der Waals surface area contributed by atoms with Gasteiger partial charge in [0.05, 0.1) is 0 Å². The molecule has 0 aliphatic heterocycles. The number of ketones is 1. The zero-order valence-electron chi connectivity index (χ0n) is 5.92. The Balaban J connectivity index is 2.37. The monoisotopic (exact) mass is 142 g/mol. The van der Waals surface area contributed by atoms with E-state index < -0.39 is 0 Å². The van der Waals surface area contributed by atoms with E-state index in [9.17, 15) is 4.79 Å². The molecule has 0 atom stereocenters. The number of carbonyl (C=O) groups is 1. The number of fused-ring (bicyclic) bond motifs is 2. The fourth-order valence-electron chi connectivity index (χ4n) is 1.71. The van der Waals surface area contributed by atoms with E-state index in [-0.39, 0.29) is 5.78 Å². The van der Waals surface area contributed by atoms with Crippen molar-refractivity contribution in [1.29, 1.82) is 0 Å². The molecule has 11 heavy (non-hydrogen) atoms. The number of carbonyl (C=O) groups excluding carboxylic acids is 1. The molecule has 0 fully saturated rings. The van der Waals surface area contributed by atoms with Gasteiger partial charge in [0.2, 0.25) is 0 Å². The number of allylic oxidation sites excluding steroid dienone is 2. The van der Waals surface area contributed by atoms with Crippen LogP contribution in [0.15, 0.2) is 29.8 Å². The molecule has 1 heteroatoms. The third-order valence-electron chi connectivity index (χ3n) is 2.36. The van der Waals surface area contributed by atoms with E-state index in [1.165, 1.54) is 11.1 Å². The second-order valence-corrected chi connectivity index (χ2v) is 3.01. The highest BCUT2D eigenvalue weighted by Gasteiger charge is 2.38. The molecule has 0 spiro atoms. The van der Waals surface area contributed by atoms with E-state index in [1.807, 2.05) is 24.3 Å². The summed E-state index contributed by atoms with van der Waals surface area (Å²) in [7, 11) is 0. The van der Waals surface area contributed by atoms with Crippen molar-refractivity contribution in [3.8, 4) is 0 Å². The van der Waals surface area contributed by atoms with Crippen LogP contribution in [0.5, 0.6) is 0 Å². The molecule has 0 N–H and O–H groups in total. The van der Waals surface area contributed by atoms with E-state index in [0.29, 0.717) is 0 Å². The number of Topliss-reactive ketones (excluding diaryl/α,β-unsaturated/α-hetero) is 1. The summed E-state index contributed by atoms with van der Waals surface area (Å²) in [6, 6.07) is 7.84. The number of hydrogen-bond acceptors (Lipinski definition) is 1. The second kappa shape index (κ2) is 1.45. The highest BCUT2D eigenvalue weighted by molar-refractivity contribution is 6.27. The Morgan fingerprint density at radius 1 is 1.00 bits per heavy atom. The van der Waals surface area contributed by atoms with Gasteiger partial charge in [-0.15, -0.1) is 0 Å². The maximum atomic E-state index is 11.4. The first-order valence-corrected chi connectivity index (χ1v) is 3.74. The Morgan fingerprint density at radius 3 is 2.45 bits per heavy atom. The van der Waals surface area contributed by atoms with Crippen molar-refractivity contribution in [3.63, 3.8) is 0 Å². The van der Waals surface area contributed by atoms with E-state index in [0.717, 1.165) is 17.6 Å². The van der Waals surface area contributed by atoms with Gasteiger partial charge in [0.1, 0.15) is 0 Å². The normalized spacial score (nSPS) is 18.4. The molecule has 2 aliphatic rings. The van der Waals surface area contributed by atoms with Gasteiger partial charge in [-0.3, -0.25) is 4.79 Å². The molecule has 0 saturated carbocycles. The van der Waals surface area contributed by atoms with Crippen molar-refractivity contribution >= 4 is 11.4 Å². The van der Waals surface area contributed by atoms with Crippen molar-refractivity contribution in [3.05, 3.63) is 41.0 Å². The van der Waals surface area contributed by atoms with Crippen molar-refractivity contribution < 1.29 is 4.79 Å². The van der Waals surface area contributed by atoms with Gasteiger partial charge in [-0.1, -0.05) is 24.3 Å². The molecular weight excluding hydrogens is 136 g/mol. The average molecular weight is 142 g/mol. The summed E-state index contributed by atoms with van der Waals surface area (Å²) < 4.78 is 0. The van der Waals surface area contributed by atoms with Crippen LogP contribution >= 0.6 is 0 Å². The van der Waals surface area contributed by atoms with Crippen molar-refractivity contribution in [1.82, 2.24) is 0 Å². The Labute approximate surface area is 64.4 Å². The van der Waals surface area contributed by atoms with Crippen LogP contribution in [0.2, 0.25) is 0 Å². The number of benzene rings is 1. The van der Waals surface area contributed by atoms with Crippen LogP contribution in [0, 0.1) is 0 Å². The summed E-state index contributed by atoms with van der Waals surface area (Å²) in [5.41, 5.74) is 4.41. The lowest BCUT2D eigenvalue weighted by molar-refractivity contribution is 0.104. The van der Waals surface area contributed by atoms with Crippen LogP contribution in [0.4, 0.5) is 0 Å². The fraction of sp³-hybridized carbons (Fsp3) is 0.100. The van der Waals surface area contributed by atoms with Gasteiger partial charge in [-0.05, 0) is 11.1 Å². The fourth-order valence-corrected chi connectivity index (χ4v) is 1.71. The largest absolute Gasteiger partial charge is 0.289 e. The summed E-state index contributed by atoms with van der Waals surface area (Å²) in [5.74, 6) is 0.260. The van der Waals surface area contributed by atoms with E-state index in [4.69, 9.17) is 0 Å². The van der Waals surface area contributed by atoms with Crippen LogP contribution in [0.1, 0.15) is 22.3 Å². The molecule has 52 valence electrons. The summed E-state index contributed by atoms with van der Waals surface area (Å²) >= 11 is 0. The average Bonchev–Trinajstić information content (AvgIpc) is 2.78. The molecule has 0 heterocycles. The first-order valence-electron chi connectivity index (χ1n) is 3.74. The van der Waals surface area contributed by atoms with Gasteiger partial charge in [-0.2, -0.15) is 0 Å². The lowest BCUT2D eigenvalue weighted by Gasteiger charge is -1.99. The highest BCUT2D eigenvalue weighted by Crippen LogP contribution is 2.49. The lowest BCUT2D eigenvalue weighted by atomic mass is 10.0. The zero-order chi connectivity index (χ0) is 7.42. The number of hydrogen-bond donors (Lipinski definition) is 0. The van der Waals surface area contributed by atoms with E-state index >= 15 is 0 Å². The molecule has 0 radical (unpaired) electrons. The van der Waals surface area contributed by atoms with Gasteiger partial charge >= 0.3 is 0 Å². The molecule has 0 unspecified atom stereocenters. The van der Waals surface area contributed by atoms with Crippen LogP contribution < -0.4 is 0 Å². The predicted molar refractivity (Wildman–Crippen MR) is 42.3 cm³/mol. The Morgan fingerprint density at radius 2 is 1.73 bits per heavy atom. The molecule has 0 saturated heterocycles. The van der Waals surface area contributed by atoms with Crippen molar-refractivity contribution in [2.24, 2.45) is 0 Å². The first-order chi connectivity index (χ1) is 5.38. The quantitative estimate of drug-likeness (QED) is 0.541. The summed E-state index contributed by atoms with van der Waals surface area (Å²) in [5, 5.41) is 0. The molecule has 1 aromatic rings. The topological polar surface area (TPSA) is 17.1 Å². The maximum absolute atomic E-state index is 11.4. The molecule has 0 bridgehead atoms. The first kappa shape index (κ1) is 5.30. The standard InChI is InChI=1S/C10H6O/c11-10-7-4-2-1-3-6(7)8-5-9(8)10/h1-4H,5H2. The van der Waals surface area contributed by atoms with Gasteiger partial charge < -0.3 is 0 Å². The molecule has 2 aliphatic carbocycles. The minimum Gasteiger partial charge on any atom is -0.289 e. The SMILES string of the molecule is O=C1C2=C(C2)c2ccccc21. The molecular formula is C10H6O. The predicted octanol–water partition coefficient (Wildman–Crippen LogP) is 2.04. The third kappa shape index (κ3) is 0.497. The summed E-state index contributed by atoms with van der Waals surface area (Å²) in [6.07, 6.45) is 0.940. The van der Waals surface area contributed by atoms with Crippen LogP contribution in [-0.2, 0) is 0 Å². The maximum Gasteiger partial charge on any atom is 0.190 e. The highest BCUT2D eigenvalue weighted by atomic mass is 16.1. The minimum absolute atomic E-state index is 0.260. The second-order valence-electron chi connectivity index (χ2n) is 3.01. The Bertz CT molecular complexity index is 396. The Hall–Kier alpha value is -1.37. The van der Waals surface area contributed by atoms with Crippen molar-refractivity contribution in [2.75, 3.05) is 0 Å². The van der Waals surface area contributed by atoms with Crippen LogP contribution in [0.3, 0.4) is 0 Å².